The second-order valence-electron chi connectivity index (χ2n) is 3.70. The summed E-state index contributed by atoms with van der Waals surface area (Å²) in [5, 5.41) is 16.0. The smallest absolute Gasteiger partial charge is 0.325 e. The molecule has 0 radical (unpaired) electrons. The van der Waals surface area contributed by atoms with E-state index in [-0.39, 0.29) is 25.6 Å². The van der Waals surface area contributed by atoms with E-state index >= 15 is 0 Å². The molecule has 0 bridgehead atoms. The molecule has 2 rings (SSSR count). The average Bonchev–Trinajstić information content (AvgIpc) is 3.07. The third-order valence-corrected chi connectivity index (χ3v) is 3.08. The summed E-state index contributed by atoms with van der Waals surface area (Å²) in [7, 11) is 0. The van der Waals surface area contributed by atoms with Gasteiger partial charge in [0.05, 0.1) is 11.5 Å². The van der Waals surface area contributed by atoms with Crippen molar-refractivity contribution in [2.45, 2.75) is 13.5 Å². The van der Waals surface area contributed by atoms with E-state index < -0.39 is 5.97 Å². The Bertz CT molecular complexity index is 581. The van der Waals surface area contributed by atoms with Crippen molar-refractivity contribution in [1.82, 2.24) is 25.5 Å². The normalized spacial score (nSPS) is 10.2. The molecule has 0 unspecified atom stereocenters. The maximum atomic E-state index is 11.6. The number of tetrazole rings is 1. The summed E-state index contributed by atoms with van der Waals surface area (Å²) in [5.74, 6) is -0.391. The summed E-state index contributed by atoms with van der Waals surface area (Å²) in [6.07, 6.45) is 0. The highest BCUT2D eigenvalue weighted by Gasteiger charge is 2.11. The van der Waals surface area contributed by atoms with E-state index in [4.69, 9.17) is 4.74 Å². The van der Waals surface area contributed by atoms with Crippen LogP contribution in [0, 0.1) is 0 Å². The molecule has 0 aliphatic rings. The van der Waals surface area contributed by atoms with Crippen LogP contribution in [0.15, 0.2) is 17.5 Å². The Labute approximate surface area is 118 Å². The molecule has 106 valence electrons. The lowest BCUT2D eigenvalue weighted by Gasteiger charge is -2.03. The summed E-state index contributed by atoms with van der Waals surface area (Å²) in [5.41, 5.74) is 0. The Hall–Kier alpha value is -2.29. The third-order valence-electron chi connectivity index (χ3n) is 2.21. The number of carbonyl (C=O) groups is 2. The summed E-state index contributed by atoms with van der Waals surface area (Å²) in [6.45, 7) is 1.71. The second-order valence-corrected chi connectivity index (χ2v) is 4.65. The standard InChI is InChI=1S/C11H13N5O3S/c1-2-19-10(18)6-12-9(17)7-16-14-11(13-15-16)8-4-3-5-20-8/h3-5H,2,6-7H2,1H3,(H,12,17). The number of thiophene rings is 1. The van der Waals surface area contributed by atoms with Crippen molar-refractivity contribution in [1.29, 1.82) is 0 Å². The van der Waals surface area contributed by atoms with Gasteiger partial charge in [0.1, 0.15) is 13.1 Å². The van der Waals surface area contributed by atoms with Crippen LogP contribution in [-0.2, 0) is 20.9 Å². The zero-order valence-corrected chi connectivity index (χ0v) is 11.6. The SMILES string of the molecule is CCOC(=O)CNC(=O)Cn1nnc(-c2cccs2)n1. The molecule has 1 amide bonds. The van der Waals surface area contributed by atoms with Gasteiger partial charge < -0.3 is 10.1 Å². The highest BCUT2D eigenvalue weighted by molar-refractivity contribution is 7.13. The van der Waals surface area contributed by atoms with Gasteiger partial charge in [0.15, 0.2) is 0 Å². The Morgan fingerprint density at radius 2 is 2.35 bits per heavy atom. The van der Waals surface area contributed by atoms with Crippen LogP contribution < -0.4 is 5.32 Å². The monoisotopic (exact) mass is 295 g/mol. The number of aromatic nitrogens is 4. The Morgan fingerprint density at radius 3 is 3.05 bits per heavy atom. The van der Waals surface area contributed by atoms with Crippen LogP contribution in [-0.4, -0.2) is 45.2 Å². The van der Waals surface area contributed by atoms with E-state index in [0.29, 0.717) is 5.82 Å². The van der Waals surface area contributed by atoms with Crippen molar-refractivity contribution in [2.24, 2.45) is 0 Å². The maximum Gasteiger partial charge on any atom is 0.325 e. The predicted octanol–water partition coefficient (Wildman–Crippen LogP) is 0.0809. The van der Waals surface area contributed by atoms with Gasteiger partial charge in [-0.05, 0) is 23.6 Å². The van der Waals surface area contributed by atoms with Gasteiger partial charge in [0.25, 0.3) is 0 Å². The van der Waals surface area contributed by atoms with Crippen LogP contribution in [0.25, 0.3) is 10.7 Å². The lowest BCUT2D eigenvalue weighted by molar-refractivity contribution is -0.143. The van der Waals surface area contributed by atoms with Crippen molar-refractivity contribution in [3.63, 3.8) is 0 Å². The second kappa shape index (κ2) is 6.75. The third kappa shape index (κ3) is 3.85. The van der Waals surface area contributed by atoms with Gasteiger partial charge in [-0.15, -0.1) is 21.5 Å². The molecule has 20 heavy (non-hydrogen) atoms. The van der Waals surface area contributed by atoms with Crippen LogP contribution in [0.2, 0.25) is 0 Å². The van der Waals surface area contributed by atoms with Gasteiger partial charge in [-0.25, -0.2) is 0 Å². The number of amides is 1. The van der Waals surface area contributed by atoms with E-state index in [0.717, 1.165) is 4.88 Å². The fraction of sp³-hybridized carbons (Fsp3) is 0.364. The molecule has 0 fully saturated rings. The van der Waals surface area contributed by atoms with Crippen molar-refractivity contribution in [3.8, 4) is 10.7 Å². The quantitative estimate of drug-likeness (QED) is 0.758. The zero-order valence-electron chi connectivity index (χ0n) is 10.8. The van der Waals surface area contributed by atoms with Crippen molar-refractivity contribution >= 4 is 23.2 Å². The van der Waals surface area contributed by atoms with Gasteiger partial charge >= 0.3 is 5.97 Å². The molecule has 2 aromatic heterocycles. The van der Waals surface area contributed by atoms with E-state index in [9.17, 15) is 9.59 Å². The molecular formula is C11H13N5O3S. The van der Waals surface area contributed by atoms with E-state index in [1.54, 1.807) is 6.92 Å². The first-order valence-corrected chi connectivity index (χ1v) is 6.81. The largest absolute Gasteiger partial charge is 0.465 e. The number of ether oxygens (including phenoxy) is 1. The molecule has 2 heterocycles. The number of esters is 1. The summed E-state index contributed by atoms with van der Waals surface area (Å²) in [4.78, 5) is 24.7. The fourth-order valence-electron chi connectivity index (χ4n) is 1.38. The first-order chi connectivity index (χ1) is 9.69. The Morgan fingerprint density at radius 1 is 1.50 bits per heavy atom. The highest BCUT2D eigenvalue weighted by atomic mass is 32.1. The number of rotatable bonds is 6. The molecule has 0 saturated heterocycles. The lowest BCUT2D eigenvalue weighted by Crippen LogP contribution is -2.33. The van der Waals surface area contributed by atoms with Crippen LogP contribution in [0.3, 0.4) is 0 Å². The van der Waals surface area contributed by atoms with E-state index in [1.807, 2.05) is 17.5 Å². The number of carbonyl (C=O) groups excluding carboxylic acids is 2. The number of hydrogen-bond acceptors (Lipinski definition) is 7. The first-order valence-electron chi connectivity index (χ1n) is 5.93. The molecule has 0 spiro atoms. The highest BCUT2D eigenvalue weighted by Crippen LogP contribution is 2.19. The van der Waals surface area contributed by atoms with Crippen LogP contribution >= 0.6 is 11.3 Å². The number of hydrogen-bond donors (Lipinski definition) is 1. The van der Waals surface area contributed by atoms with Crippen molar-refractivity contribution < 1.29 is 14.3 Å². The summed E-state index contributed by atoms with van der Waals surface area (Å²) >= 11 is 1.49. The van der Waals surface area contributed by atoms with Crippen molar-refractivity contribution in [2.75, 3.05) is 13.2 Å². The molecule has 0 aliphatic carbocycles. The zero-order chi connectivity index (χ0) is 14.4. The van der Waals surface area contributed by atoms with E-state index in [2.05, 4.69) is 20.7 Å². The average molecular weight is 295 g/mol. The molecule has 0 saturated carbocycles. The number of nitrogens with one attached hydrogen (secondary N) is 1. The molecule has 1 N–H and O–H groups in total. The molecule has 8 nitrogen and oxygen atoms in total. The maximum absolute atomic E-state index is 11.6. The van der Waals surface area contributed by atoms with E-state index in [1.165, 1.54) is 16.1 Å². The minimum atomic E-state index is -0.480. The molecule has 9 heteroatoms. The van der Waals surface area contributed by atoms with Crippen LogP contribution in [0.1, 0.15) is 6.92 Å². The minimum Gasteiger partial charge on any atom is -0.465 e. The molecule has 0 atom stereocenters. The van der Waals surface area contributed by atoms with Gasteiger partial charge in [0.2, 0.25) is 11.7 Å². The molecule has 0 aliphatic heterocycles. The van der Waals surface area contributed by atoms with Crippen molar-refractivity contribution in [3.05, 3.63) is 17.5 Å². The van der Waals surface area contributed by atoms with Gasteiger partial charge in [-0.1, -0.05) is 6.07 Å². The fourth-order valence-corrected chi connectivity index (χ4v) is 2.03. The predicted molar refractivity (Wildman–Crippen MR) is 70.8 cm³/mol. The Kier molecular flexibility index (Phi) is 4.77. The minimum absolute atomic E-state index is 0.0994. The topological polar surface area (TPSA) is 99.0 Å². The lowest BCUT2D eigenvalue weighted by atomic mass is 10.5. The van der Waals surface area contributed by atoms with Gasteiger partial charge in [-0.2, -0.15) is 4.80 Å². The molecule has 0 aromatic carbocycles. The number of nitrogens with zero attached hydrogens (tertiary/aromatic N) is 4. The first kappa shape index (κ1) is 14.1. The van der Waals surface area contributed by atoms with Gasteiger partial charge in [-0.3, -0.25) is 9.59 Å². The van der Waals surface area contributed by atoms with Crippen LogP contribution in [0.4, 0.5) is 0 Å². The summed E-state index contributed by atoms with van der Waals surface area (Å²) in [6, 6.07) is 3.75. The molecular weight excluding hydrogens is 282 g/mol. The van der Waals surface area contributed by atoms with Crippen LogP contribution in [0.5, 0.6) is 0 Å². The molecule has 2 aromatic rings. The Balaban J connectivity index is 1.84. The summed E-state index contributed by atoms with van der Waals surface area (Å²) < 4.78 is 4.69. The van der Waals surface area contributed by atoms with Gasteiger partial charge in [0, 0.05) is 0 Å².